The van der Waals surface area contributed by atoms with Crippen LogP contribution in [0.25, 0.3) is 16.6 Å². The quantitative estimate of drug-likeness (QED) is 0.389. The maximum absolute atomic E-state index is 14.9. The highest BCUT2D eigenvalue weighted by atomic mass is 32.2. The van der Waals surface area contributed by atoms with Gasteiger partial charge in [0.2, 0.25) is 5.91 Å². The number of nitrogens with one attached hydrogen (secondary N) is 1. The fourth-order valence-corrected chi connectivity index (χ4v) is 4.89. The molecular formula is C30H33FN4O5S. The molecule has 2 aromatic carbocycles. The van der Waals surface area contributed by atoms with Crippen molar-refractivity contribution in [2.45, 2.75) is 46.1 Å². The minimum Gasteiger partial charge on any atom is -0.326 e. The molecule has 216 valence electrons. The summed E-state index contributed by atoms with van der Waals surface area (Å²) in [7, 11) is 0.948. The first-order chi connectivity index (χ1) is 19.3. The zero-order chi connectivity index (χ0) is 30.2. The van der Waals surface area contributed by atoms with Gasteiger partial charge in [0.05, 0.1) is 16.6 Å². The Bertz CT molecular complexity index is 1880. The summed E-state index contributed by atoms with van der Waals surface area (Å²) in [6.07, 6.45) is 4.66. The molecule has 0 radical (unpaired) electrons. The molecule has 0 bridgehead atoms. The Morgan fingerprint density at radius 2 is 1.71 bits per heavy atom. The van der Waals surface area contributed by atoms with E-state index in [9.17, 15) is 27.8 Å². The Balaban J connectivity index is 0.000000909. The second-order valence-electron chi connectivity index (χ2n) is 10.4. The molecule has 1 N–H and O–H groups in total. The van der Waals surface area contributed by atoms with Crippen LogP contribution in [0.1, 0.15) is 48.2 Å². The lowest BCUT2D eigenvalue weighted by molar-refractivity contribution is -0.114. The summed E-state index contributed by atoms with van der Waals surface area (Å²) in [4.78, 5) is 52.7. The predicted molar refractivity (Wildman–Crippen MR) is 160 cm³/mol. The fourth-order valence-electron chi connectivity index (χ4n) is 4.89. The Hall–Kier alpha value is -4.12. The Kier molecular flexibility index (Phi) is 8.58. The number of hydrogen-bond donors (Lipinski definition) is 1. The van der Waals surface area contributed by atoms with Crippen LogP contribution in [0.3, 0.4) is 0 Å². The molecule has 0 spiro atoms. The van der Waals surface area contributed by atoms with Crippen molar-refractivity contribution in [3.05, 3.63) is 102 Å². The molecule has 5 rings (SSSR count). The maximum Gasteiger partial charge on any atom is 0.336 e. The highest BCUT2D eigenvalue weighted by molar-refractivity contribution is 7.83. The molecule has 1 fully saturated rings. The number of aromatic nitrogens is 3. The number of benzene rings is 2. The van der Waals surface area contributed by atoms with E-state index < -0.39 is 27.9 Å². The van der Waals surface area contributed by atoms with E-state index in [0.717, 1.165) is 5.56 Å². The molecule has 1 aliphatic rings. The standard InChI is InChI=1S/C28H27FN4O4.C2H6OS/c1-15-8-9-18(22(29)12-15)13-23-24-25(16(2)26(35)31(23)4)32(28(37)33(27(24)36)20-10-11-20)21-7-5-6-19(14-21)30-17(3)34;1-4(2)3/h5-9,12,14,20H,10-11,13H2,1-4H3,(H,30,34);1-2H3. The van der Waals surface area contributed by atoms with Gasteiger partial charge in [-0.15, -0.1) is 0 Å². The van der Waals surface area contributed by atoms with E-state index in [0.29, 0.717) is 35.5 Å². The second-order valence-corrected chi connectivity index (χ2v) is 11.9. The molecule has 41 heavy (non-hydrogen) atoms. The maximum atomic E-state index is 14.9. The summed E-state index contributed by atoms with van der Waals surface area (Å²) in [5, 5.41) is 2.91. The first-order valence-corrected chi connectivity index (χ1v) is 15.1. The third-order valence-electron chi connectivity index (χ3n) is 6.87. The fraction of sp³-hybridized carbons (Fsp3) is 0.333. The number of rotatable bonds is 5. The number of fused-ring (bicyclic) bond motifs is 1. The number of nitrogens with zero attached hydrogens (tertiary/aromatic N) is 3. The van der Waals surface area contributed by atoms with Crippen LogP contribution in [-0.4, -0.2) is 36.3 Å². The van der Waals surface area contributed by atoms with Crippen LogP contribution in [0.15, 0.2) is 56.8 Å². The van der Waals surface area contributed by atoms with E-state index >= 15 is 0 Å². The topological polar surface area (TPSA) is 112 Å². The molecule has 1 saturated carbocycles. The smallest absolute Gasteiger partial charge is 0.326 e. The van der Waals surface area contributed by atoms with Crippen LogP contribution in [0.5, 0.6) is 0 Å². The predicted octanol–water partition coefficient (Wildman–Crippen LogP) is 3.49. The molecule has 9 nitrogen and oxygen atoms in total. The summed E-state index contributed by atoms with van der Waals surface area (Å²) in [5.41, 5.74) is 1.30. The SMILES string of the molecule is CC(=O)Nc1cccc(-n2c(=O)n(C3CC3)c(=O)c3c(Cc4ccc(C)cc4F)n(C)c(=O)c(C)c32)c1.CS(C)=O. The second kappa shape index (κ2) is 11.8. The lowest BCUT2D eigenvalue weighted by Gasteiger charge is -2.20. The first kappa shape index (κ1) is 29.9. The van der Waals surface area contributed by atoms with Crippen molar-refractivity contribution in [1.29, 1.82) is 0 Å². The van der Waals surface area contributed by atoms with E-state index in [1.807, 2.05) is 0 Å². The summed E-state index contributed by atoms with van der Waals surface area (Å²) >= 11 is 0. The third-order valence-corrected chi connectivity index (χ3v) is 6.87. The van der Waals surface area contributed by atoms with Crippen molar-refractivity contribution in [2.24, 2.45) is 7.05 Å². The number of halogens is 1. The van der Waals surface area contributed by atoms with Crippen LogP contribution >= 0.6 is 0 Å². The Morgan fingerprint density at radius 1 is 1.05 bits per heavy atom. The van der Waals surface area contributed by atoms with E-state index in [2.05, 4.69) is 5.32 Å². The van der Waals surface area contributed by atoms with Crippen LogP contribution in [0.2, 0.25) is 0 Å². The van der Waals surface area contributed by atoms with Gasteiger partial charge in [-0.2, -0.15) is 0 Å². The number of hydrogen-bond acceptors (Lipinski definition) is 5. The molecule has 0 atom stereocenters. The van der Waals surface area contributed by atoms with Gasteiger partial charge in [0.1, 0.15) is 5.82 Å². The summed E-state index contributed by atoms with van der Waals surface area (Å²) < 4.78 is 28.4. The highest BCUT2D eigenvalue weighted by Gasteiger charge is 2.31. The van der Waals surface area contributed by atoms with Gasteiger partial charge in [-0.25, -0.2) is 9.18 Å². The normalized spacial score (nSPS) is 12.8. The molecular weight excluding hydrogens is 547 g/mol. The third kappa shape index (κ3) is 6.14. The van der Waals surface area contributed by atoms with E-state index in [4.69, 9.17) is 0 Å². The van der Waals surface area contributed by atoms with E-state index in [1.165, 1.54) is 26.7 Å². The Labute approximate surface area is 238 Å². The van der Waals surface area contributed by atoms with Gasteiger partial charge in [-0.1, -0.05) is 18.2 Å². The van der Waals surface area contributed by atoms with Crippen molar-refractivity contribution in [3.8, 4) is 5.69 Å². The number of aryl methyl sites for hydroxylation is 2. The van der Waals surface area contributed by atoms with Crippen LogP contribution < -0.4 is 22.1 Å². The number of amides is 1. The largest absolute Gasteiger partial charge is 0.336 e. The molecule has 1 aliphatic carbocycles. The monoisotopic (exact) mass is 580 g/mol. The average molecular weight is 581 g/mol. The minimum absolute atomic E-state index is 0.00131. The van der Waals surface area contributed by atoms with Crippen molar-refractivity contribution in [1.82, 2.24) is 13.7 Å². The van der Waals surface area contributed by atoms with Crippen LogP contribution in [-0.2, 0) is 29.1 Å². The molecule has 0 saturated heterocycles. The van der Waals surface area contributed by atoms with Crippen molar-refractivity contribution in [2.75, 3.05) is 17.8 Å². The summed E-state index contributed by atoms with van der Waals surface area (Å²) in [5.74, 6) is -0.704. The zero-order valence-corrected chi connectivity index (χ0v) is 24.7. The van der Waals surface area contributed by atoms with Crippen molar-refractivity contribution in [3.63, 3.8) is 0 Å². The number of anilines is 1. The molecule has 2 heterocycles. The number of carbonyl (C=O) groups is 1. The summed E-state index contributed by atoms with van der Waals surface area (Å²) in [6, 6.07) is 11.3. The minimum atomic E-state index is -0.611. The van der Waals surface area contributed by atoms with Gasteiger partial charge < -0.3 is 9.88 Å². The number of pyridine rings is 1. The molecule has 4 aromatic rings. The molecule has 0 unspecified atom stereocenters. The highest BCUT2D eigenvalue weighted by Crippen LogP contribution is 2.33. The van der Waals surface area contributed by atoms with Gasteiger partial charge in [0, 0.05) is 66.7 Å². The van der Waals surface area contributed by atoms with Crippen LogP contribution in [0.4, 0.5) is 10.1 Å². The molecule has 1 amide bonds. The molecule has 11 heteroatoms. The Morgan fingerprint density at radius 3 is 2.29 bits per heavy atom. The lowest BCUT2D eigenvalue weighted by Crippen LogP contribution is -2.41. The van der Waals surface area contributed by atoms with Crippen molar-refractivity contribution < 1.29 is 13.4 Å². The van der Waals surface area contributed by atoms with Crippen molar-refractivity contribution >= 4 is 33.3 Å². The van der Waals surface area contributed by atoms with E-state index in [-0.39, 0.29) is 40.4 Å². The first-order valence-electron chi connectivity index (χ1n) is 13.1. The van der Waals surface area contributed by atoms with Gasteiger partial charge >= 0.3 is 5.69 Å². The summed E-state index contributed by atoms with van der Waals surface area (Å²) in [6.45, 7) is 4.74. The average Bonchev–Trinajstić information content (AvgIpc) is 3.71. The molecule has 2 aromatic heterocycles. The van der Waals surface area contributed by atoms with Gasteiger partial charge in [0.25, 0.3) is 11.1 Å². The number of carbonyl (C=O) groups excluding carboxylic acids is 1. The lowest BCUT2D eigenvalue weighted by atomic mass is 10.0. The van der Waals surface area contributed by atoms with Crippen LogP contribution in [0, 0.1) is 19.7 Å². The molecule has 0 aliphatic heterocycles. The zero-order valence-electron chi connectivity index (χ0n) is 23.9. The van der Waals surface area contributed by atoms with Gasteiger partial charge in [-0.3, -0.25) is 27.7 Å². The van der Waals surface area contributed by atoms with Gasteiger partial charge in [-0.05, 0) is 62.1 Å². The van der Waals surface area contributed by atoms with Gasteiger partial charge in [0.15, 0.2) is 0 Å². The van der Waals surface area contributed by atoms with E-state index in [1.54, 1.807) is 69.8 Å².